The van der Waals surface area contributed by atoms with Gasteiger partial charge >= 0.3 is 0 Å². The molecule has 3 rings (SSSR count). The van der Waals surface area contributed by atoms with Crippen LogP contribution in [0.25, 0.3) is 5.69 Å². The fraction of sp³-hybridized carbons (Fsp3) is 0.211. The third-order valence-electron chi connectivity index (χ3n) is 3.70. The number of nitrogens with zero attached hydrogens (tertiary/aromatic N) is 3. The van der Waals surface area contributed by atoms with E-state index in [0.717, 1.165) is 17.1 Å². The number of amides is 1. The number of hydrogen-bond acceptors (Lipinski definition) is 4. The second-order valence-corrected chi connectivity index (χ2v) is 6.99. The van der Waals surface area contributed by atoms with Crippen molar-refractivity contribution in [2.24, 2.45) is 0 Å². The summed E-state index contributed by atoms with van der Waals surface area (Å²) in [5.41, 5.74) is 2.07. The van der Waals surface area contributed by atoms with Gasteiger partial charge in [-0.3, -0.25) is 9.36 Å². The van der Waals surface area contributed by atoms with Crippen LogP contribution < -0.4 is 5.32 Å². The summed E-state index contributed by atoms with van der Waals surface area (Å²) in [5.74, 6) is 1.09. The Kier molecular flexibility index (Phi) is 6.30. The number of thioether (sulfide) groups is 1. The number of rotatable bonds is 7. The first kappa shape index (κ1) is 18.5. The van der Waals surface area contributed by atoms with Crippen LogP contribution in [0, 0.1) is 0 Å². The lowest BCUT2D eigenvalue weighted by Gasteiger charge is -2.10. The number of aromatic nitrogens is 3. The highest BCUT2D eigenvalue weighted by molar-refractivity contribution is 7.99. The van der Waals surface area contributed by atoms with Crippen LogP contribution >= 0.6 is 23.4 Å². The molecule has 3 aromatic rings. The van der Waals surface area contributed by atoms with Crippen LogP contribution in [-0.4, -0.2) is 33.0 Å². The van der Waals surface area contributed by atoms with E-state index >= 15 is 0 Å². The summed E-state index contributed by atoms with van der Waals surface area (Å²) in [7, 11) is 0. The predicted molar refractivity (Wildman–Crippen MR) is 105 cm³/mol. The van der Waals surface area contributed by atoms with E-state index in [1.54, 1.807) is 0 Å². The summed E-state index contributed by atoms with van der Waals surface area (Å²) in [4.78, 5) is 11.8. The van der Waals surface area contributed by atoms with Crippen LogP contribution in [0.3, 0.4) is 0 Å². The molecular weight excluding hydrogens is 368 g/mol. The topological polar surface area (TPSA) is 59.8 Å². The van der Waals surface area contributed by atoms with Gasteiger partial charge < -0.3 is 5.32 Å². The molecule has 0 radical (unpaired) electrons. The maximum atomic E-state index is 11.8. The second-order valence-electron chi connectivity index (χ2n) is 5.62. The molecule has 134 valence electrons. The van der Waals surface area contributed by atoms with E-state index in [2.05, 4.69) is 27.6 Å². The molecule has 1 heterocycles. The smallest absolute Gasteiger partial charge is 0.230 e. The van der Waals surface area contributed by atoms with Gasteiger partial charge in [0.05, 0.1) is 5.75 Å². The molecule has 0 fully saturated rings. The highest BCUT2D eigenvalue weighted by atomic mass is 35.5. The van der Waals surface area contributed by atoms with Crippen LogP contribution in [0.5, 0.6) is 0 Å². The zero-order valence-electron chi connectivity index (χ0n) is 14.4. The Balaban J connectivity index is 1.91. The van der Waals surface area contributed by atoms with Gasteiger partial charge in [-0.05, 0) is 36.8 Å². The van der Waals surface area contributed by atoms with Crippen molar-refractivity contribution in [1.82, 2.24) is 20.1 Å². The SMILES string of the molecule is CCNC(=O)CSc1nnc(Cc2ccccc2)n1-c1ccc(Cl)cc1. The van der Waals surface area contributed by atoms with Gasteiger partial charge in [0.2, 0.25) is 5.91 Å². The van der Waals surface area contributed by atoms with E-state index in [4.69, 9.17) is 11.6 Å². The first-order chi connectivity index (χ1) is 12.7. The van der Waals surface area contributed by atoms with Crippen molar-refractivity contribution in [2.75, 3.05) is 12.3 Å². The molecule has 0 bridgehead atoms. The zero-order chi connectivity index (χ0) is 18.4. The van der Waals surface area contributed by atoms with Gasteiger partial charge in [0.25, 0.3) is 0 Å². The molecule has 0 aliphatic rings. The summed E-state index contributed by atoms with van der Waals surface area (Å²) in [6.45, 7) is 2.51. The third-order valence-corrected chi connectivity index (χ3v) is 4.88. The average Bonchev–Trinajstić information content (AvgIpc) is 3.04. The molecule has 26 heavy (non-hydrogen) atoms. The first-order valence-corrected chi connectivity index (χ1v) is 9.67. The largest absolute Gasteiger partial charge is 0.356 e. The van der Waals surface area contributed by atoms with Gasteiger partial charge in [-0.1, -0.05) is 53.7 Å². The minimum atomic E-state index is -0.0206. The molecule has 2 aromatic carbocycles. The molecule has 0 aliphatic heterocycles. The van der Waals surface area contributed by atoms with Gasteiger partial charge in [0.15, 0.2) is 5.16 Å². The Morgan fingerprint density at radius 3 is 2.54 bits per heavy atom. The highest BCUT2D eigenvalue weighted by Crippen LogP contribution is 2.24. The fourth-order valence-electron chi connectivity index (χ4n) is 2.51. The van der Waals surface area contributed by atoms with Gasteiger partial charge in [-0.2, -0.15) is 0 Å². The molecule has 1 amide bonds. The summed E-state index contributed by atoms with van der Waals surface area (Å²) in [6.07, 6.45) is 0.651. The van der Waals surface area contributed by atoms with Gasteiger partial charge in [-0.15, -0.1) is 10.2 Å². The lowest BCUT2D eigenvalue weighted by Crippen LogP contribution is -2.24. The molecule has 0 unspecified atom stereocenters. The Morgan fingerprint density at radius 2 is 1.85 bits per heavy atom. The maximum absolute atomic E-state index is 11.8. The quantitative estimate of drug-likeness (QED) is 0.628. The monoisotopic (exact) mass is 386 g/mol. The highest BCUT2D eigenvalue weighted by Gasteiger charge is 2.16. The number of carbonyl (C=O) groups excluding carboxylic acids is 1. The lowest BCUT2D eigenvalue weighted by atomic mass is 10.1. The maximum Gasteiger partial charge on any atom is 0.230 e. The number of carbonyl (C=O) groups is 1. The zero-order valence-corrected chi connectivity index (χ0v) is 15.9. The Morgan fingerprint density at radius 1 is 1.12 bits per heavy atom. The first-order valence-electron chi connectivity index (χ1n) is 8.31. The molecule has 0 spiro atoms. The van der Waals surface area contributed by atoms with Crippen molar-refractivity contribution in [3.8, 4) is 5.69 Å². The molecule has 7 heteroatoms. The Hall–Kier alpha value is -2.31. The summed E-state index contributed by atoms with van der Waals surface area (Å²) in [6, 6.07) is 17.6. The van der Waals surface area contributed by atoms with Crippen molar-refractivity contribution < 1.29 is 4.79 Å². The van der Waals surface area contributed by atoms with Crippen molar-refractivity contribution in [3.63, 3.8) is 0 Å². The van der Waals surface area contributed by atoms with Crippen molar-refractivity contribution in [3.05, 3.63) is 71.0 Å². The van der Waals surface area contributed by atoms with Gasteiger partial charge in [-0.25, -0.2) is 0 Å². The van der Waals surface area contributed by atoms with Crippen LogP contribution in [0.4, 0.5) is 0 Å². The molecule has 5 nitrogen and oxygen atoms in total. The summed E-state index contributed by atoms with van der Waals surface area (Å²) < 4.78 is 1.98. The van der Waals surface area contributed by atoms with Crippen LogP contribution in [0.15, 0.2) is 59.8 Å². The molecule has 0 atom stereocenters. The fourth-order valence-corrected chi connectivity index (χ4v) is 3.44. The van der Waals surface area contributed by atoms with Crippen molar-refractivity contribution in [1.29, 1.82) is 0 Å². The van der Waals surface area contributed by atoms with Crippen molar-refractivity contribution >= 4 is 29.3 Å². The van der Waals surface area contributed by atoms with E-state index in [-0.39, 0.29) is 5.91 Å². The second kappa shape index (κ2) is 8.87. The number of halogens is 1. The van der Waals surface area contributed by atoms with E-state index in [1.165, 1.54) is 11.8 Å². The Labute approximate surface area is 161 Å². The van der Waals surface area contributed by atoms with Crippen molar-refractivity contribution in [2.45, 2.75) is 18.5 Å². The normalized spacial score (nSPS) is 10.7. The van der Waals surface area contributed by atoms with E-state index in [9.17, 15) is 4.79 Å². The number of hydrogen-bond donors (Lipinski definition) is 1. The average molecular weight is 387 g/mol. The van der Waals surface area contributed by atoms with E-state index < -0.39 is 0 Å². The minimum absolute atomic E-state index is 0.0206. The third kappa shape index (κ3) is 4.65. The van der Waals surface area contributed by atoms with Crippen LogP contribution in [0.2, 0.25) is 5.02 Å². The number of nitrogens with one attached hydrogen (secondary N) is 1. The van der Waals surface area contributed by atoms with E-state index in [1.807, 2.05) is 54.0 Å². The Bertz CT molecular complexity index is 865. The molecule has 0 saturated carbocycles. The predicted octanol–water partition coefficient (Wildman–Crippen LogP) is 3.74. The molecule has 0 saturated heterocycles. The van der Waals surface area contributed by atoms with Crippen LogP contribution in [-0.2, 0) is 11.2 Å². The molecule has 1 aromatic heterocycles. The molecule has 1 N–H and O–H groups in total. The standard InChI is InChI=1S/C19H19ClN4OS/c1-2-21-18(25)13-26-19-23-22-17(12-14-6-4-3-5-7-14)24(19)16-10-8-15(20)9-11-16/h3-11H,2,12-13H2,1H3,(H,21,25). The van der Waals surface area contributed by atoms with Gasteiger partial charge in [0.1, 0.15) is 5.82 Å². The number of benzene rings is 2. The molecule has 0 aliphatic carbocycles. The van der Waals surface area contributed by atoms with Crippen LogP contribution in [0.1, 0.15) is 18.3 Å². The summed E-state index contributed by atoms with van der Waals surface area (Å²) in [5, 5.41) is 12.8. The molecular formula is C19H19ClN4OS. The van der Waals surface area contributed by atoms with Gasteiger partial charge in [0, 0.05) is 23.7 Å². The lowest BCUT2D eigenvalue weighted by molar-refractivity contribution is -0.118. The minimum Gasteiger partial charge on any atom is -0.356 e. The summed E-state index contributed by atoms with van der Waals surface area (Å²) >= 11 is 7.39. The van der Waals surface area contributed by atoms with E-state index in [0.29, 0.717) is 28.9 Å².